The molecule has 1 aliphatic rings. The van der Waals surface area contributed by atoms with Gasteiger partial charge < -0.3 is 14.5 Å². The molecule has 25 heavy (non-hydrogen) atoms. The Morgan fingerprint density at radius 1 is 1.48 bits per heavy atom. The summed E-state index contributed by atoms with van der Waals surface area (Å²) in [6.45, 7) is 10.8. The molecule has 0 aliphatic carbocycles. The maximum Gasteiger partial charge on any atom is 0.410 e. The highest BCUT2D eigenvalue weighted by molar-refractivity contribution is 5.91. The molecule has 1 atom stereocenters. The first-order valence-corrected chi connectivity index (χ1v) is 8.47. The van der Waals surface area contributed by atoms with E-state index in [4.69, 9.17) is 4.74 Å². The number of carbonyl (C=O) groups is 2. The molecule has 1 unspecified atom stereocenters. The molecule has 8 heteroatoms. The van der Waals surface area contributed by atoms with Crippen molar-refractivity contribution >= 4 is 12.0 Å². The normalized spacial score (nSPS) is 17.9. The highest BCUT2D eigenvalue weighted by Gasteiger charge is 2.29. The maximum atomic E-state index is 12.3. The lowest BCUT2D eigenvalue weighted by Gasteiger charge is -2.33. The van der Waals surface area contributed by atoms with Crippen molar-refractivity contribution in [3.8, 4) is 0 Å². The van der Waals surface area contributed by atoms with Crippen LogP contribution in [0.15, 0.2) is 18.9 Å². The summed E-state index contributed by atoms with van der Waals surface area (Å²) < 4.78 is 7.11. The number of ether oxygens (including phenoxy) is 1. The molecule has 1 aromatic heterocycles. The van der Waals surface area contributed by atoms with Crippen LogP contribution in [0.1, 0.15) is 50.1 Å². The van der Waals surface area contributed by atoms with Gasteiger partial charge in [-0.05, 0) is 33.6 Å². The number of nitrogens with zero attached hydrogens (tertiary/aromatic N) is 5. The van der Waals surface area contributed by atoms with Crippen molar-refractivity contribution in [2.75, 3.05) is 26.7 Å². The van der Waals surface area contributed by atoms with Crippen molar-refractivity contribution in [2.45, 2.75) is 45.3 Å². The molecule has 138 valence electrons. The summed E-state index contributed by atoms with van der Waals surface area (Å²) in [4.78, 5) is 27.7. The Morgan fingerprint density at radius 2 is 2.20 bits per heavy atom. The van der Waals surface area contributed by atoms with Crippen LogP contribution in [0.3, 0.4) is 0 Å². The van der Waals surface area contributed by atoms with Crippen LogP contribution in [0.4, 0.5) is 4.79 Å². The summed E-state index contributed by atoms with van der Waals surface area (Å²) in [6.07, 6.45) is 4.70. The molecule has 2 heterocycles. The number of likely N-dealkylation sites (tertiary alicyclic amines) is 1. The molecule has 8 nitrogen and oxygen atoms in total. The first-order valence-electron chi connectivity index (χ1n) is 8.47. The Kier molecular flexibility index (Phi) is 5.81. The van der Waals surface area contributed by atoms with Crippen LogP contribution >= 0.6 is 0 Å². The second-order valence-electron chi connectivity index (χ2n) is 7.28. The lowest BCUT2D eigenvalue weighted by Crippen LogP contribution is -2.43. The summed E-state index contributed by atoms with van der Waals surface area (Å²) in [7, 11) is 1.69. The molecule has 1 aliphatic heterocycles. The zero-order valence-electron chi connectivity index (χ0n) is 15.4. The molecular formula is C17H27N5O3. The van der Waals surface area contributed by atoms with Crippen LogP contribution in [0, 0.1) is 0 Å². The molecule has 1 saturated heterocycles. The van der Waals surface area contributed by atoms with Crippen molar-refractivity contribution < 1.29 is 14.3 Å². The van der Waals surface area contributed by atoms with Crippen molar-refractivity contribution in [2.24, 2.45) is 0 Å². The van der Waals surface area contributed by atoms with E-state index in [0.29, 0.717) is 25.3 Å². The molecule has 0 N–H and O–H groups in total. The molecule has 0 saturated carbocycles. The van der Waals surface area contributed by atoms with Crippen molar-refractivity contribution in [1.29, 1.82) is 0 Å². The van der Waals surface area contributed by atoms with E-state index in [0.717, 1.165) is 12.8 Å². The fraction of sp³-hybridized carbons (Fsp3) is 0.647. The summed E-state index contributed by atoms with van der Waals surface area (Å²) in [5.41, 5.74) is -0.231. The quantitative estimate of drug-likeness (QED) is 0.778. The SMILES string of the molecule is C=CCN(C)C(=O)c1cn(C2CCCN(C(=O)OC(C)(C)C)C2)nn1. The molecule has 1 fully saturated rings. The van der Waals surface area contributed by atoms with Gasteiger partial charge in [0.25, 0.3) is 5.91 Å². The summed E-state index contributed by atoms with van der Waals surface area (Å²) in [5.74, 6) is -0.203. The smallest absolute Gasteiger partial charge is 0.410 e. The Morgan fingerprint density at radius 3 is 2.84 bits per heavy atom. The second-order valence-corrected chi connectivity index (χ2v) is 7.28. The van der Waals surface area contributed by atoms with E-state index in [1.54, 1.807) is 28.9 Å². The van der Waals surface area contributed by atoms with E-state index >= 15 is 0 Å². The van der Waals surface area contributed by atoms with Crippen molar-refractivity contribution in [1.82, 2.24) is 24.8 Å². The first kappa shape index (κ1) is 19.0. The zero-order chi connectivity index (χ0) is 18.6. The minimum atomic E-state index is -0.521. The number of carbonyl (C=O) groups excluding carboxylic acids is 2. The van der Waals surface area contributed by atoms with Crippen LogP contribution in [-0.2, 0) is 4.74 Å². The number of aromatic nitrogens is 3. The number of hydrogen-bond donors (Lipinski definition) is 0. The standard InChI is InChI=1S/C17H27N5O3/c1-6-9-20(5)15(23)14-12-22(19-18-14)13-8-7-10-21(11-13)16(24)25-17(2,3)4/h6,12-13H,1,7-11H2,2-5H3. The fourth-order valence-electron chi connectivity index (χ4n) is 2.69. The minimum absolute atomic E-state index is 0.0139. The monoisotopic (exact) mass is 349 g/mol. The van der Waals surface area contributed by atoms with Gasteiger partial charge in [-0.15, -0.1) is 11.7 Å². The average molecular weight is 349 g/mol. The van der Waals surface area contributed by atoms with Gasteiger partial charge in [0, 0.05) is 26.7 Å². The van der Waals surface area contributed by atoms with E-state index in [-0.39, 0.29) is 18.0 Å². The Bertz CT molecular complexity index is 634. The third kappa shape index (κ3) is 5.04. The third-order valence-electron chi connectivity index (χ3n) is 3.90. The van der Waals surface area contributed by atoms with E-state index in [1.807, 2.05) is 20.8 Å². The predicted octanol–water partition coefficient (Wildman–Crippen LogP) is 2.11. The van der Waals surface area contributed by atoms with Gasteiger partial charge in [-0.3, -0.25) is 4.79 Å². The number of amides is 2. The van der Waals surface area contributed by atoms with Gasteiger partial charge >= 0.3 is 6.09 Å². The van der Waals surface area contributed by atoms with Gasteiger partial charge in [0.15, 0.2) is 5.69 Å². The van der Waals surface area contributed by atoms with E-state index in [9.17, 15) is 9.59 Å². The van der Waals surface area contributed by atoms with Crippen LogP contribution in [0.5, 0.6) is 0 Å². The molecule has 2 amide bonds. The zero-order valence-corrected chi connectivity index (χ0v) is 15.4. The molecule has 0 radical (unpaired) electrons. The predicted molar refractivity (Wildman–Crippen MR) is 93.3 cm³/mol. The van der Waals surface area contributed by atoms with E-state index in [2.05, 4.69) is 16.9 Å². The van der Waals surface area contributed by atoms with Gasteiger partial charge in [-0.25, -0.2) is 9.48 Å². The number of rotatable bonds is 4. The summed E-state index contributed by atoms with van der Waals surface area (Å²) in [5, 5.41) is 8.06. The van der Waals surface area contributed by atoms with Crippen LogP contribution in [0.25, 0.3) is 0 Å². The first-order chi connectivity index (χ1) is 11.7. The van der Waals surface area contributed by atoms with Crippen LogP contribution in [-0.4, -0.2) is 69.1 Å². The highest BCUT2D eigenvalue weighted by atomic mass is 16.6. The third-order valence-corrected chi connectivity index (χ3v) is 3.90. The lowest BCUT2D eigenvalue weighted by atomic mass is 10.1. The molecule has 2 rings (SSSR count). The largest absolute Gasteiger partial charge is 0.444 e. The highest BCUT2D eigenvalue weighted by Crippen LogP contribution is 2.22. The van der Waals surface area contributed by atoms with E-state index in [1.165, 1.54) is 4.90 Å². The van der Waals surface area contributed by atoms with Crippen molar-refractivity contribution in [3.05, 3.63) is 24.5 Å². The molecule has 0 aromatic carbocycles. The molecule has 0 spiro atoms. The number of piperidine rings is 1. The summed E-state index contributed by atoms with van der Waals surface area (Å²) >= 11 is 0. The van der Waals surface area contributed by atoms with Gasteiger partial charge in [0.1, 0.15) is 5.60 Å². The number of likely N-dealkylation sites (N-methyl/N-ethyl adjacent to an activating group) is 1. The van der Waals surface area contributed by atoms with E-state index < -0.39 is 5.60 Å². The van der Waals surface area contributed by atoms with Crippen LogP contribution < -0.4 is 0 Å². The molecule has 0 bridgehead atoms. The average Bonchev–Trinajstić information content (AvgIpc) is 3.03. The molecular weight excluding hydrogens is 322 g/mol. The topological polar surface area (TPSA) is 80.6 Å². The maximum absolute atomic E-state index is 12.3. The van der Waals surface area contributed by atoms with Crippen molar-refractivity contribution in [3.63, 3.8) is 0 Å². The Labute approximate surface area is 148 Å². The fourth-order valence-corrected chi connectivity index (χ4v) is 2.69. The Hall–Kier alpha value is -2.38. The van der Waals surface area contributed by atoms with Gasteiger partial charge in [-0.2, -0.15) is 0 Å². The van der Waals surface area contributed by atoms with Crippen LogP contribution in [0.2, 0.25) is 0 Å². The number of hydrogen-bond acceptors (Lipinski definition) is 5. The van der Waals surface area contributed by atoms with Gasteiger partial charge in [0.05, 0.1) is 12.2 Å². The molecule has 1 aromatic rings. The summed E-state index contributed by atoms with van der Waals surface area (Å²) in [6, 6.07) is -0.0139. The minimum Gasteiger partial charge on any atom is -0.444 e. The van der Waals surface area contributed by atoms with Gasteiger partial charge in [-0.1, -0.05) is 11.3 Å². The Balaban J connectivity index is 2.03. The lowest BCUT2D eigenvalue weighted by molar-refractivity contribution is 0.0166. The second kappa shape index (κ2) is 7.67. The van der Waals surface area contributed by atoms with Gasteiger partial charge in [0.2, 0.25) is 0 Å².